The van der Waals surface area contributed by atoms with E-state index in [-0.39, 0.29) is 5.54 Å². The Balaban J connectivity index is 2.01. The highest BCUT2D eigenvalue weighted by atomic mass is 32.1. The van der Waals surface area contributed by atoms with Crippen molar-refractivity contribution in [2.45, 2.75) is 38.1 Å². The van der Waals surface area contributed by atoms with Crippen molar-refractivity contribution in [2.24, 2.45) is 0 Å². The van der Waals surface area contributed by atoms with E-state index in [9.17, 15) is 0 Å². The van der Waals surface area contributed by atoms with Crippen LogP contribution in [0.1, 0.15) is 36.6 Å². The molecule has 0 saturated carbocycles. The quantitative estimate of drug-likeness (QED) is 0.627. The zero-order valence-corrected chi connectivity index (χ0v) is 12.1. The van der Waals surface area contributed by atoms with Gasteiger partial charge in [0.15, 0.2) is 0 Å². The largest absolute Gasteiger partial charge is 0.304 e. The van der Waals surface area contributed by atoms with Crippen LogP contribution in [0.4, 0.5) is 0 Å². The maximum atomic E-state index is 7.60. The molecule has 1 unspecified atom stereocenters. The SMILES string of the molecule is [C-]#[N+]C(CC)(CCCc1ccccc1)c1cccs1. The van der Waals surface area contributed by atoms with Crippen molar-refractivity contribution in [3.63, 3.8) is 0 Å². The summed E-state index contributed by atoms with van der Waals surface area (Å²) in [5.74, 6) is 0. The van der Waals surface area contributed by atoms with Crippen molar-refractivity contribution >= 4 is 11.3 Å². The van der Waals surface area contributed by atoms with E-state index < -0.39 is 0 Å². The Morgan fingerprint density at radius 2 is 1.95 bits per heavy atom. The number of rotatable bonds is 6. The molecule has 0 N–H and O–H groups in total. The Morgan fingerprint density at radius 3 is 2.53 bits per heavy atom. The number of nitrogens with zero attached hydrogens (tertiary/aromatic N) is 1. The van der Waals surface area contributed by atoms with Gasteiger partial charge in [-0.05, 0) is 29.9 Å². The van der Waals surface area contributed by atoms with Crippen LogP contribution < -0.4 is 0 Å². The molecule has 2 heteroatoms. The van der Waals surface area contributed by atoms with Crippen molar-refractivity contribution in [3.05, 3.63) is 69.7 Å². The van der Waals surface area contributed by atoms with Gasteiger partial charge in [0.1, 0.15) is 0 Å². The van der Waals surface area contributed by atoms with Gasteiger partial charge in [0, 0.05) is 12.8 Å². The summed E-state index contributed by atoms with van der Waals surface area (Å²) >= 11 is 1.71. The summed E-state index contributed by atoms with van der Waals surface area (Å²) < 4.78 is 0. The molecule has 0 amide bonds. The van der Waals surface area contributed by atoms with Crippen LogP contribution in [0.2, 0.25) is 0 Å². The van der Waals surface area contributed by atoms with E-state index >= 15 is 0 Å². The first-order valence-electron chi connectivity index (χ1n) is 6.77. The van der Waals surface area contributed by atoms with Gasteiger partial charge in [-0.3, -0.25) is 0 Å². The molecule has 1 heterocycles. The van der Waals surface area contributed by atoms with Gasteiger partial charge in [-0.1, -0.05) is 43.3 Å². The standard InChI is InChI=1S/C17H19NS/c1-3-17(18-2,16-12-8-14-19-16)13-7-11-15-9-5-4-6-10-15/h4-6,8-10,12,14H,3,7,11,13H2,1H3. The average Bonchev–Trinajstić information content (AvgIpc) is 3.00. The molecule has 19 heavy (non-hydrogen) atoms. The maximum Gasteiger partial charge on any atom is 0.266 e. The molecule has 98 valence electrons. The third-order valence-electron chi connectivity index (χ3n) is 3.68. The molecular formula is C17H19NS. The fourth-order valence-corrected chi connectivity index (χ4v) is 3.41. The van der Waals surface area contributed by atoms with Crippen LogP contribution in [0.25, 0.3) is 4.85 Å². The van der Waals surface area contributed by atoms with Gasteiger partial charge in [0.2, 0.25) is 0 Å². The summed E-state index contributed by atoms with van der Waals surface area (Å²) in [7, 11) is 0. The van der Waals surface area contributed by atoms with Gasteiger partial charge in [-0.15, -0.1) is 11.3 Å². The summed E-state index contributed by atoms with van der Waals surface area (Å²) in [5, 5.41) is 2.07. The molecule has 2 rings (SSSR count). The Labute approximate surface area is 119 Å². The highest BCUT2D eigenvalue weighted by Gasteiger charge is 2.37. The van der Waals surface area contributed by atoms with Gasteiger partial charge in [0.05, 0.1) is 4.88 Å². The summed E-state index contributed by atoms with van der Waals surface area (Å²) in [6, 6.07) is 14.7. The number of hydrogen-bond donors (Lipinski definition) is 0. The molecular weight excluding hydrogens is 250 g/mol. The van der Waals surface area contributed by atoms with Gasteiger partial charge in [0.25, 0.3) is 5.54 Å². The predicted molar refractivity (Wildman–Crippen MR) is 82.3 cm³/mol. The summed E-state index contributed by atoms with van der Waals surface area (Å²) in [6.45, 7) is 9.72. The Bertz CT molecular complexity index is 524. The molecule has 2 aromatic rings. The summed E-state index contributed by atoms with van der Waals surface area (Å²) in [5.41, 5.74) is 1.06. The molecule has 0 aliphatic heterocycles. The molecule has 0 aliphatic carbocycles. The van der Waals surface area contributed by atoms with Crippen LogP contribution in [0, 0.1) is 6.57 Å². The fraction of sp³-hybridized carbons (Fsp3) is 0.353. The molecule has 1 aromatic carbocycles. The molecule has 1 nitrogen and oxygen atoms in total. The minimum atomic E-state index is -0.303. The second-order valence-electron chi connectivity index (χ2n) is 4.81. The topological polar surface area (TPSA) is 4.36 Å². The van der Waals surface area contributed by atoms with Crippen LogP contribution in [0.15, 0.2) is 47.8 Å². The van der Waals surface area contributed by atoms with Crippen LogP contribution in [-0.2, 0) is 12.0 Å². The molecule has 1 atom stereocenters. The van der Waals surface area contributed by atoms with Gasteiger partial charge in [-0.25, -0.2) is 6.57 Å². The van der Waals surface area contributed by atoms with Crippen LogP contribution in [0.5, 0.6) is 0 Å². The van der Waals surface area contributed by atoms with E-state index in [0.717, 1.165) is 25.7 Å². The smallest absolute Gasteiger partial charge is 0.266 e. The number of hydrogen-bond acceptors (Lipinski definition) is 1. The minimum Gasteiger partial charge on any atom is -0.304 e. The van der Waals surface area contributed by atoms with Crippen LogP contribution >= 0.6 is 11.3 Å². The van der Waals surface area contributed by atoms with Crippen molar-refractivity contribution < 1.29 is 0 Å². The van der Waals surface area contributed by atoms with E-state index in [4.69, 9.17) is 6.57 Å². The van der Waals surface area contributed by atoms with Crippen LogP contribution in [0.3, 0.4) is 0 Å². The van der Waals surface area contributed by atoms with Crippen molar-refractivity contribution in [1.82, 2.24) is 0 Å². The number of aryl methyl sites for hydroxylation is 1. The predicted octanol–water partition coefficient (Wildman–Crippen LogP) is 5.30. The van der Waals surface area contributed by atoms with Crippen LogP contribution in [-0.4, -0.2) is 0 Å². The highest BCUT2D eigenvalue weighted by molar-refractivity contribution is 7.10. The molecule has 0 spiro atoms. The second-order valence-corrected chi connectivity index (χ2v) is 5.76. The molecule has 0 bridgehead atoms. The molecule has 1 aromatic heterocycles. The van der Waals surface area contributed by atoms with Gasteiger partial charge < -0.3 is 4.85 Å². The highest BCUT2D eigenvalue weighted by Crippen LogP contribution is 2.37. The Hall–Kier alpha value is -1.59. The van der Waals surface area contributed by atoms with E-state index in [0.29, 0.717) is 0 Å². The minimum absolute atomic E-state index is 0.303. The third-order valence-corrected chi connectivity index (χ3v) is 4.74. The second kappa shape index (κ2) is 6.54. The summed E-state index contributed by atoms with van der Waals surface area (Å²) in [6.07, 6.45) is 3.97. The lowest BCUT2D eigenvalue weighted by Gasteiger charge is -2.19. The zero-order valence-electron chi connectivity index (χ0n) is 11.3. The van der Waals surface area contributed by atoms with E-state index in [1.165, 1.54) is 10.4 Å². The zero-order chi connectivity index (χ0) is 13.6. The maximum absolute atomic E-state index is 7.60. The first-order valence-corrected chi connectivity index (χ1v) is 7.65. The number of benzene rings is 1. The van der Waals surface area contributed by atoms with Gasteiger partial charge >= 0.3 is 0 Å². The van der Waals surface area contributed by atoms with E-state index in [1.54, 1.807) is 11.3 Å². The average molecular weight is 269 g/mol. The van der Waals surface area contributed by atoms with Crippen molar-refractivity contribution in [2.75, 3.05) is 0 Å². The third kappa shape index (κ3) is 3.24. The van der Waals surface area contributed by atoms with Crippen molar-refractivity contribution in [3.8, 4) is 0 Å². The first kappa shape index (κ1) is 13.8. The monoisotopic (exact) mass is 269 g/mol. The normalized spacial score (nSPS) is 13.7. The number of thiophene rings is 1. The lowest BCUT2D eigenvalue weighted by Crippen LogP contribution is -2.19. The molecule has 0 radical (unpaired) electrons. The lowest BCUT2D eigenvalue weighted by molar-refractivity contribution is 0.460. The Morgan fingerprint density at radius 1 is 1.16 bits per heavy atom. The first-order chi connectivity index (χ1) is 9.30. The fourth-order valence-electron chi connectivity index (χ4n) is 2.44. The molecule has 0 saturated heterocycles. The van der Waals surface area contributed by atoms with E-state index in [2.05, 4.69) is 47.5 Å². The van der Waals surface area contributed by atoms with Gasteiger partial charge in [-0.2, -0.15) is 0 Å². The van der Waals surface area contributed by atoms with E-state index in [1.807, 2.05) is 12.1 Å². The molecule has 0 fully saturated rings. The van der Waals surface area contributed by atoms with Crippen molar-refractivity contribution in [1.29, 1.82) is 0 Å². The summed E-state index contributed by atoms with van der Waals surface area (Å²) in [4.78, 5) is 5.19. The molecule has 0 aliphatic rings. The lowest BCUT2D eigenvalue weighted by atomic mass is 9.88. The Kier molecular flexibility index (Phi) is 4.76.